The Morgan fingerprint density at radius 1 is 0.792 bits per heavy atom. The standard InChI is InChI=1S/C22H19NO/c24-22(19-12-5-2-6-13-19)23-16-15-17-9-7-8-14-20(17)21(23)18-10-3-1-4-11-18/h1-14,21H,15-16H2. The molecule has 118 valence electrons. The van der Waals surface area contributed by atoms with E-state index in [4.69, 9.17) is 0 Å². The van der Waals surface area contributed by atoms with E-state index in [2.05, 4.69) is 36.4 Å². The Hall–Kier alpha value is -2.87. The minimum Gasteiger partial charge on any atom is -0.327 e. The first-order valence-corrected chi connectivity index (χ1v) is 8.33. The molecule has 24 heavy (non-hydrogen) atoms. The molecule has 0 N–H and O–H groups in total. The third-order valence-corrected chi connectivity index (χ3v) is 4.68. The van der Waals surface area contributed by atoms with Crippen molar-refractivity contribution in [2.45, 2.75) is 12.5 Å². The Balaban J connectivity index is 1.80. The lowest BCUT2D eigenvalue weighted by Gasteiger charge is -2.38. The molecule has 0 saturated carbocycles. The first kappa shape index (κ1) is 14.7. The van der Waals surface area contributed by atoms with Gasteiger partial charge in [0, 0.05) is 12.1 Å². The summed E-state index contributed by atoms with van der Waals surface area (Å²) in [6, 6.07) is 28.3. The van der Waals surface area contributed by atoms with E-state index in [0.717, 1.165) is 24.1 Å². The number of amides is 1. The molecule has 0 bridgehead atoms. The van der Waals surface area contributed by atoms with Crippen LogP contribution >= 0.6 is 0 Å². The second-order valence-electron chi connectivity index (χ2n) is 6.13. The summed E-state index contributed by atoms with van der Waals surface area (Å²) >= 11 is 0. The Bertz CT molecular complexity index is 842. The molecule has 0 radical (unpaired) electrons. The van der Waals surface area contributed by atoms with Crippen LogP contribution in [0.5, 0.6) is 0 Å². The third kappa shape index (κ3) is 2.61. The van der Waals surface area contributed by atoms with E-state index in [1.165, 1.54) is 11.1 Å². The fourth-order valence-corrected chi connectivity index (χ4v) is 3.53. The van der Waals surface area contributed by atoms with Crippen LogP contribution in [0.3, 0.4) is 0 Å². The maximum Gasteiger partial charge on any atom is 0.254 e. The predicted molar refractivity (Wildman–Crippen MR) is 95.9 cm³/mol. The number of rotatable bonds is 2. The molecule has 1 aliphatic heterocycles. The topological polar surface area (TPSA) is 20.3 Å². The third-order valence-electron chi connectivity index (χ3n) is 4.68. The van der Waals surface area contributed by atoms with Crippen LogP contribution in [-0.4, -0.2) is 17.4 Å². The highest BCUT2D eigenvalue weighted by atomic mass is 16.2. The van der Waals surface area contributed by atoms with Gasteiger partial charge >= 0.3 is 0 Å². The van der Waals surface area contributed by atoms with Crippen molar-refractivity contribution < 1.29 is 4.79 Å². The van der Waals surface area contributed by atoms with Gasteiger partial charge in [-0.3, -0.25) is 4.79 Å². The van der Waals surface area contributed by atoms with Crippen LogP contribution in [-0.2, 0) is 6.42 Å². The molecule has 0 fully saturated rings. The van der Waals surface area contributed by atoms with Crippen LogP contribution in [0.15, 0.2) is 84.9 Å². The van der Waals surface area contributed by atoms with Gasteiger partial charge in [-0.15, -0.1) is 0 Å². The van der Waals surface area contributed by atoms with Gasteiger partial charge < -0.3 is 4.90 Å². The van der Waals surface area contributed by atoms with E-state index in [9.17, 15) is 4.79 Å². The summed E-state index contributed by atoms with van der Waals surface area (Å²) in [5.74, 6) is 0.0963. The molecular formula is C22H19NO. The molecule has 0 aliphatic carbocycles. The molecule has 0 saturated heterocycles. The molecule has 0 spiro atoms. The number of hydrogen-bond acceptors (Lipinski definition) is 1. The summed E-state index contributed by atoms with van der Waals surface area (Å²) in [5.41, 5.74) is 4.48. The smallest absolute Gasteiger partial charge is 0.254 e. The second-order valence-corrected chi connectivity index (χ2v) is 6.13. The molecular weight excluding hydrogens is 294 g/mol. The average Bonchev–Trinajstić information content (AvgIpc) is 2.68. The van der Waals surface area contributed by atoms with E-state index in [0.29, 0.717) is 0 Å². The fourth-order valence-electron chi connectivity index (χ4n) is 3.53. The van der Waals surface area contributed by atoms with Crippen molar-refractivity contribution in [2.24, 2.45) is 0 Å². The summed E-state index contributed by atoms with van der Waals surface area (Å²) in [5, 5.41) is 0. The van der Waals surface area contributed by atoms with Gasteiger partial charge in [-0.25, -0.2) is 0 Å². The van der Waals surface area contributed by atoms with Crippen molar-refractivity contribution in [1.82, 2.24) is 4.90 Å². The molecule has 3 aromatic carbocycles. The molecule has 1 atom stereocenters. The van der Waals surface area contributed by atoms with E-state index in [1.54, 1.807) is 0 Å². The van der Waals surface area contributed by atoms with Crippen LogP contribution in [0, 0.1) is 0 Å². The second kappa shape index (κ2) is 6.32. The molecule has 2 nitrogen and oxygen atoms in total. The van der Waals surface area contributed by atoms with Crippen molar-refractivity contribution in [3.63, 3.8) is 0 Å². The van der Waals surface area contributed by atoms with Crippen molar-refractivity contribution in [1.29, 1.82) is 0 Å². The van der Waals surface area contributed by atoms with Gasteiger partial charge in [0.1, 0.15) is 0 Å². The zero-order chi connectivity index (χ0) is 16.4. The van der Waals surface area contributed by atoms with Crippen molar-refractivity contribution in [2.75, 3.05) is 6.54 Å². The highest BCUT2D eigenvalue weighted by molar-refractivity contribution is 5.95. The normalized spacial score (nSPS) is 16.5. The van der Waals surface area contributed by atoms with E-state index >= 15 is 0 Å². The molecule has 4 rings (SSSR count). The molecule has 1 amide bonds. The van der Waals surface area contributed by atoms with Crippen molar-refractivity contribution in [3.8, 4) is 0 Å². The van der Waals surface area contributed by atoms with Crippen LogP contribution < -0.4 is 0 Å². The zero-order valence-corrected chi connectivity index (χ0v) is 13.4. The lowest BCUT2D eigenvalue weighted by atomic mass is 9.88. The highest BCUT2D eigenvalue weighted by Gasteiger charge is 2.32. The number of benzene rings is 3. The Morgan fingerprint density at radius 2 is 1.42 bits per heavy atom. The zero-order valence-electron chi connectivity index (χ0n) is 13.4. The van der Waals surface area contributed by atoms with Crippen LogP contribution in [0.4, 0.5) is 0 Å². The molecule has 1 heterocycles. The first-order valence-electron chi connectivity index (χ1n) is 8.33. The van der Waals surface area contributed by atoms with Crippen molar-refractivity contribution in [3.05, 3.63) is 107 Å². The van der Waals surface area contributed by atoms with Gasteiger partial charge in [0.2, 0.25) is 0 Å². The van der Waals surface area contributed by atoms with E-state index in [-0.39, 0.29) is 11.9 Å². The maximum atomic E-state index is 13.1. The van der Waals surface area contributed by atoms with Crippen LogP contribution in [0.25, 0.3) is 0 Å². The first-order chi connectivity index (χ1) is 11.8. The summed E-state index contributed by atoms with van der Waals surface area (Å²) in [4.78, 5) is 15.1. The lowest BCUT2D eigenvalue weighted by Crippen LogP contribution is -2.40. The van der Waals surface area contributed by atoms with Crippen LogP contribution in [0.2, 0.25) is 0 Å². The summed E-state index contributed by atoms with van der Waals surface area (Å²) < 4.78 is 0. The average molecular weight is 313 g/mol. The fraction of sp³-hybridized carbons (Fsp3) is 0.136. The summed E-state index contributed by atoms with van der Waals surface area (Å²) in [6.07, 6.45) is 0.901. The van der Waals surface area contributed by atoms with Gasteiger partial charge in [-0.05, 0) is 35.2 Å². The van der Waals surface area contributed by atoms with Gasteiger partial charge in [0.25, 0.3) is 5.91 Å². The molecule has 3 aromatic rings. The predicted octanol–water partition coefficient (Wildman–Crippen LogP) is 4.47. The molecule has 1 aliphatic rings. The lowest BCUT2D eigenvalue weighted by molar-refractivity contribution is 0.0694. The quantitative estimate of drug-likeness (QED) is 0.683. The number of nitrogens with zero attached hydrogens (tertiary/aromatic N) is 1. The SMILES string of the molecule is O=C(c1ccccc1)N1CCc2ccccc2C1c1ccccc1. The maximum absolute atomic E-state index is 13.1. The number of fused-ring (bicyclic) bond motifs is 1. The largest absolute Gasteiger partial charge is 0.327 e. The van der Waals surface area contributed by atoms with Crippen LogP contribution in [0.1, 0.15) is 33.1 Å². The Labute approximate surface area is 142 Å². The molecule has 2 heteroatoms. The number of carbonyl (C=O) groups is 1. The van der Waals surface area contributed by atoms with Gasteiger partial charge in [-0.1, -0.05) is 72.8 Å². The minimum absolute atomic E-state index is 0.0242. The van der Waals surface area contributed by atoms with E-state index < -0.39 is 0 Å². The Kier molecular flexibility index (Phi) is 3.87. The molecule has 0 aromatic heterocycles. The van der Waals surface area contributed by atoms with Gasteiger partial charge in [-0.2, -0.15) is 0 Å². The number of hydrogen-bond donors (Lipinski definition) is 0. The van der Waals surface area contributed by atoms with Crippen molar-refractivity contribution >= 4 is 5.91 Å². The number of carbonyl (C=O) groups excluding carboxylic acids is 1. The highest BCUT2D eigenvalue weighted by Crippen LogP contribution is 2.35. The summed E-state index contributed by atoms with van der Waals surface area (Å²) in [6.45, 7) is 0.740. The Morgan fingerprint density at radius 3 is 2.17 bits per heavy atom. The monoisotopic (exact) mass is 313 g/mol. The van der Waals surface area contributed by atoms with E-state index in [1.807, 2.05) is 53.4 Å². The van der Waals surface area contributed by atoms with Gasteiger partial charge in [0.05, 0.1) is 6.04 Å². The molecule has 1 unspecified atom stereocenters. The minimum atomic E-state index is -0.0242. The van der Waals surface area contributed by atoms with Gasteiger partial charge in [0.15, 0.2) is 0 Å². The summed E-state index contributed by atoms with van der Waals surface area (Å²) in [7, 11) is 0.